The summed E-state index contributed by atoms with van der Waals surface area (Å²) in [7, 11) is 0. The minimum atomic E-state index is -0.963. The number of benzene rings is 1. The molecule has 198 valence electrons. The van der Waals surface area contributed by atoms with Crippen molar-refractivity contribution in [1.82, 2.24) is 24.8 Å². The number of rotatable bonds is 11. The zero-order valence-corrected chi connectivity index (χ0v) is 21.7. The Balaban J connectivity index is 1.52. The van der Waals surface area contributed by atoms with E-state index in [0.717, 1.165) is 11.0 Å². The standard InChI is InChI=1S/C26H33N5O5S/c1-3-11-29(15-31-18-10-6-5-9-17(18)27-28-31)24(34)22-26-16(2)14-19(37-26)20(25(35)36)21(26)23(33)30(22)12-7-4-8-13-32/h3,5-6,9-10,16,19-22,32H,1,4,7-8,11-15H2,2H3,(H,35,36)/t16?,19-,20+,21+,22?,26?/m1/s1. The fourth-order valence-electron chi connectivity index (χ4n) is 6.62. The Morgan fingerprint density at radius 2 is 2.08 bits per heavy atom. The highest BCUT2D eigenvalue weighted by molar-refractivity contribution is 8.02. The highest BCUT2D eigenvalue weighted by Crippen LogP contribution is 2.68. The van der Waals surface area contributed by atoms with E-state index in [1.165, 1.54) is 11.8 Å². The molecule has 2 bridgehead atoms. The molecule has 4 heterocycles. The van der Waals surface area contributed by atoms with Gasteiger partial charge in [-0.25, -0.2) is 4.68 Å². The van der Waals surface area contributed by atoms with Gasteiger partial charge in [0, 0.05) is 24.9 Å². The molecule has 6 atom stereocenters. The van der Waals surface area contributed by atoms with Gasteiger partial charge < -0.3 is 20.0 Å². The molecule has 3 fully saturated rings. The lowest BCUT2D eigenvalue weighted by Crippen LogP contribution is -2.57. The zero-order valence-electron chi connectivity index (χ0n) is 20.9. The smallest absolute Gasteiger partial charge is 0.308 e. The van der Waals surface area contributed by atoms with Crippen LogP contribution in [-0.2, 0) is 21.1 Å². The number of aliphatic hydroxyl groups excluding tert-OH is 1. The fraction of sp³-hybridized carbons (Fsp3) is 0.577. The van der Waals surface area contributed by atoms with Crippen molar-refractivity contribution in [2.45, 2.75) is 55.3 Å². The maximum atomic E-state index is 14.4. The minimum Gasteiger partial charge on any atom is -0.481 e. The molecule has 10 nitrogen and oxygen atoms in total. The average Bonchev–Trinajstić information content (AvgIpc) is 3.59. The third-order valence-electron chi connectivity index (χ3n) is 8.21. The van der Waals surface area contributed by atoms with E-state index in [-0.39, 0.29) is 42.8 Å². The molecular formula is C26H33N5O5S. The average molecular weight is 528 g/mol. The molecule has 1 spiro atoms. The Hall–Kier alpha value is -2.92. The quantitative estimate of drug-likeness (QED) is 0.335. The number of fused-ring (bicyclic) bond motifs is 2. The van der Waals surface area contributed by atoms with Crippen molar-refractivity contribution in [3.8, 4) is 0 Å². The van der Waals surface area contributed by atoms with E-state index in [0.29, 0.717) is 32.2 Å². The normalized spacial score (nSPS) is 30.2. The number of carbonyl (C=O) groups excluding carboxylic acids is 2. The van der Waals surface area contributed by atoms with Gasteiger partial charge in [0.05, 0.1) is 22.1 Å². The van der Waals surface area contributed by atoms with Crippen LogP contribution < -0.4 is 0 Å². The van der Waals surface area contributed by atoms with E-state index in [1.54, 1.807) is 20.6 Å². The number of thioether (sulfide) groups is 1. The summed E-state index contributed by atoms with van der Waals surface area (Å²) in [6, 6.07) is 6.73. The summed E-state index contributed by atoms with van der Waals surface area (Å²) in [5.74, 6) is -2.92. The van der Waals surface area contributed by atoms with Crippen LogP contribution in [0.4, 0.5) is 0 Å². The van der Waals surface area contributed by atoms with Gasteiger partial charge in [-0.1, -0.05) is 30.3 Å². The summed E-state index contributed by atoms with van der Waals surface area (Å²) in [4.78, 5) is 43.9. The van der Waals surface area contributed by atoms with Crippen LogP contribution in [0.3, 0.4) is 0 Å². The lowest BCUT2D eigenvalue weighted by atomic mass is 9.66. The second-order valence-electron chi connectivity index (χ2n) is 10.3. The predicted octanol–water partition coefficient (Wildman–Crippen LogP) is 1.99. The maximum absolute atomic E-state index is 14.4. The van der Waals surface area contributed by atoms with Crippen molar-refractivity contribution in [3.63, 3.8) is 0 Å². The molecule has 3 saturated heterocycles. The molecule has 5 rings (SSSR count). The van der Waals surface area contributed by atoms with Gasteiger partial charge in [-0.05, 0) is 43.7 Å². The Morgan fingerprint density at radius 1 is 1.30 bits per heavy atom. The summed E-state index contributed by atoms with van der Waals surface area (Å²) in [5.41, 5.74) is 1.51. The van der Waals surface area contributed by atoms with Crippen molar-refractivity contribution in [1.29, 1.82) is 0 Å². The Morgan fingerprint density at radius 3 is 2.81 bits per heavy atom. The van der Waals surface area contributed by atoms with Crippen molar-refractivity contribution >= 4 is 40.6 Å². The van der Waals surface area contributed by atoms with Crippen LogP contribution in [0, 0.1) is 17.8 Å². The summed E-state index contributed by atoms with van der Waals surface area (Å²) < 4.78 is 0.875. The lowest BCUT2D eigenvalue weighted by molar-refractivity contribution is -0.149. The first kappa shape index (κ1) is 25.7. The molecule has 0 saturated carbocycles. The molecule has 2 N–H and O–H groups in total. The van der Waals surface area contributed by atoms with Crippen LogP contribution in [0.2, 0.25) is 0 Å². The summed E-state index contributed by atoms with van der Waals surface area (Å²) in [6.07, 6.45) is 4.28. The first-order valence-electron chi connectivity index (χ1n) is 12.8. The van der Waals surface area contributed by atoms with E-state index in [1.807, 2.05) is 31.2 Å². The van der Waals surface area contributed by atoms with Crippen LogP contribution in [0.5, 0.6) is 0 Å². The number of aliphatic carboxylic acids is 1. The molecule has 1 aromatic carbocycles. The van der Waals surface area contributed by atoms with Crippen LogP contribution in [0.1, 0.15) is 32.6 Å². The van der Waals surface area contributed by atoms with Crippen molar-refractivity contribution in [2.75, 3.05) is 19.7 Å². The molecule has 3 unspecified atom stereocenters. The number of carbonyl (C=O) groups is 3. The van der Waals surface area contributed by atoms with Crippen molar-refractivity contribution in [2.24, 2.45) is 17.8 Å². The van der Waals surface area contributed by atoms with Gasteiger partial charge in [0.25, 0.3) is 0 Å². The third kappa shape index (κ3) is 4.03. The van der Waals surface area contributed by atoms with Gasteiger partial charge in [0.1, 0.15) is 18.2 Å². The number of aliphatic hydroxyl groups is 1. The van der Waals surface area contributed by atoms with Gasteiger partial charge >= 0.3 is 5.97 Å². The van der Waals surface area contributed by atoms with Crippen LogP contribution in [-0.4, -0.2) is 88.5 Å². The molecular weight excluding hydrogens is 494 g/mol. The molecule has 1 aromatic heterocycles. The molecule has 37 heavy (non-hydrogen) atoms. The molecule has 0 aliphatic carbocycles. The van der Waals surface area contributed by atoms with E-state index < -0.39 is 28.6 Å². The van der Waals surface area contributed by atoms with E-state index in [4.69, 9.17) is 0 Å². The highest BCUT2D eigenvalue weighted by Gasteiger charge is 2.76. The molecule has 2 aromatic rings. The monoisotopic (exact) mass is 527 g/mol. The van der Waals surface area contributed by atoms with E-state index in [9.17, 15) is 24.6 Å². The number of hydrogen-bond donors (Lipinski definition) is 2. The van der Waals surface area contributed by atoms with E-state index in [2.05, 4.69) is 16.9 Å². The molecule has 0 radical (unpaired) electrons. The summed E-state index contributed by atoms with van der Waals surface area (Å²) >= 11 is 1.54. The second-order valence-corrected chi connectivity index (χ2v) is 11.8. The maximum Gasteiger partial charge on any atom is 0.308 e. The van der Waals surface area contributed by atoms with E-state index >= 15 is 0 Å². The number of aromatic nitrogens is 3. The molecule has 2 amide bonds. The molecule has 3 aliphatic heterocycles. The number of likely N-dealkylation sites (tertiary alicyclic amines) is 1. The topological polar surface area (TPSA) is 129 Å². The number of unbranched alkanes of at least 4 members (excludes halogenated alkanes) is 2. The SMILES string of the molecule is C=CCN(Cn1nnc2ccccc21)C(=O)C1N(CCCCCO)C(=O)[C@@H]2[C@@H](C(=O)O)[C@H]3CC(C)C12S3. The van der Waals surface area contributed by atoms with Gasteiger partial charge in [-0.2, -0.15) is 0 Å². The van der Waals surface area contributed by atoms with Crippen molar-refractivity contribution in [3.05, 3.63) is 36.9 Å². The first-order chi connectivity index (χ1) is 17.8. The van der Waals surface area contributed by atoms with Crippen LogP contribution in [0.25, 0.3) is 11.0 Å². The number of nitrogens with zero attached hydrogens (tertiary/aromatic N) is 5. The van der Waals surface area contributed by atoms with Gasteiger partial charge in [0.2, 0.25) is 11.8 Å². The molecule has 3 aliphatic rings. The highest BCUT2D eigenvalue weighted by atomic mass is 32.2. The minimum absolute atomic E-state index is 0.0150. The van der Waals surface area contributed by atoms with Gasteiger partial charge in [-0.3, -0.25) is 14.4 Å². The number of amides is 2. The first-order valence-corrected chi connectivity index (χ1v) is 13.7. The number of para-hydroxylation sites is 1. The molecule has 11 heteroatoms. The van der Waals surface area contributed by atoms with Gasteiger partial charge in [-0.15, -0.1) is 23.4 Å². The van der Waals surface area contributed by atoms with Crippen LogP contribution >= 0.6 is 11.8 Å². The number of hydrogen-bond acceptors (Lipinski definition) is 7. The second kappa shape index (κ2) is 10.1. The third-order valence-corrected chi connectivity index (χ3v) is 10.3. The lowest BCUT2D eigenvalue weighted by Gasteiger charge is -2.40. The van der Waals surface area contributed by atoms with Crippen LogP contribution in [0.15, 0.2) is 36.9 Å². The summed E-state index contributed by atoms with van der Waals surface area (Å²) in [6.45, 7) is 6.70. The van der Waals surface area contributed by atoms with Crippen molar-refractivity contribution < 1.29 is 24.6 Å². The zero-order chi connectivity index (χ0) is 26.3. The fourth-order valence-corrected chi connectivity index (χ4v) is 9.03. The Labute approximate surface area is 219 Å². The Bertz CT molecular complexity index is 1220. The van der Waals surface area contributed by atoms with Gasteiger partial charge in [0.15, 0.2) is 0 Å². The largest absolute Gasteiger partial charge is 0.481 e. The summed E-state index contributed by atoms with van der Waals surface area (Å²) in [5, 5.41) is 27.5. The Kier molecular flexibility index (Phi) is 7.01. The number of carboxylic acids is 1. The number of carboxylic acid groups (broad SMARTS) is 1. The predicted molar refractivity (Wildman–Crippen MR) is 138 cm³/mol.